The molecule has 17 heavy (non-hydrogen) atoms. The first-order valence-corrected chi connectivity index (χ1v) is 7.24. The van der Waals surface area contributed by atoms with E-state index in [2.05, 4.69) is 10.3 Å². The van der Waals surface area contributed by atoms with Gasteiger partial charge in [-0.25, -0.2) is 4.98 Å². The summed E-state index contributed by atoms with van der Waals surface area (Å²) in [4.78, 5) is 15.8. The molecule has 0 aromatic carbocycles. The van der Waals surface area contributed by atoms with Crippen LogP contribution in [-0.2, 0) is 10.8 Å². The number of nitrogens with one attached hydrogen (secondary N) is 1. The number of halogens is 1. The number of aromatic nitrogens is 1. The van der Waals surface area contributed by atoms with Gasteiger partial charge in [-0.3, -0.25) is 9.00 Å². The number of hydrogen-bond acceptors (Lipinski definition) is 3. The quantitative estimate of drug-likeness (QED) is 0.848. The molecule has 0 aliphatic rings. The maximum absolute atomic E-state index is 11.8. The van der Waals surface area contributed by atoms with Gasteiger partial charge in [0.15, 0.2) is 0 Å². The molecule has 0 aliphatic heterocycles. The fourth-order valence-corrected chi connectivity index (χ4v) is 2.50. The third kappa shape index (κ3) is 4.83. The number of aryl methyl sites for hydroxylation is 1. The van der Waals surface area contributed by atoms with Gasteiger partial charge >= 0.3 is 0 Å². The number of pyridine rings is 1. The number of amides is 1. The Morgan fingerprint density at radius 1 is 1.59 bits per heavy atom. The molecule has 0 fully saturated rings. The summed E-state index contributed by atoms with van der Waals surface area (Å²) in [6, 6.07) is 3.04. The van der Waals surface area contributed by atoms with Crippen LogP contribution in [0.15, 0.2) is 12.1 Å². The second-order valence-electron chi connectivity index (χ2n) is 3.93. The van der Waals surface area contributed by atoms with E-state index in [0.29, 0.717) is 22.2 Å². The van der Waals surface area contributed by atoms with E-state index in [1.54, 1.807) is 19.2 Å². The van der Waals surface area contributed by atoms with Crippen molar-refractivity contribution in [3.8, 4) is 0 Å². The first-order chi connectivity index (χ1) is 7.88. The summed E-state index contributed by atoms with van der Waals surface area (Å²) in [5, 5.41) is 3.06. The molecular formula is C11H15ClN2O2S. The lowest BCUT2D eigenvalue weighted by Crippen LogP contribution is -2.36. The number of nitrogens with zero attached hydrogens (tertiary/aromatic N) is 1. The van der Waals surface area contributed by atoms with E-state index in [0.717, 1.165) is 0 Å². The molecule has 0 spiro atoms. The molecule has 4 nitrogen and oxygen atoms in total. The standard InChI is InChI=1S/C11H15ClN2O2S/c1-7-4-9(5-10(12)13-7)11(15)14-8(2)6-17(3)16/h4-5,8H,6H2,1-3H3,(H,14,15). The van der Waals surface area contributed by atoms with Gasteiger partial charge in [0.05, 0.1) is 0 Å². The summed E-state index contributed by atoms with van der Waals surface area (Å²) < 4.78 is 11.0. The minimum absolute atomic E-state index is 0.138. The van der Waals surface area contributed by atoms with Crippen LogP contribution in [0.4, 0.5) is 0 Å². The normalized spacial score (nSPS) is 14.1. The van der Waals surface area contributed by atoms with E-state index in [1.165, 1.54) is 6.07 Å². The monoisotopic (exact) mass is 274 g/mol. The summed E-state index contributed by atoms with van der Waals surface area (Å²) in [5.74, 6) is 0.208. The first kappa shape index (κ1) is 14.1. The average molecular weight is 275 g/mol. The zero-order valence-corrected chi connectivity index (χ0v) is 11.6. The smallest absolute Gasteiger partial charge is 0.251 e. The highest BCUT2D eigenvalue weighted by Gasteiger charge is 2.12. The Hall–Kier alpha value is -0.940. The third-order valence-corrected chi connectivity index (χ3v) is 3.21. The van der Waals surface area contributed by atoms with Crippen LogP contribution >= 0.6 is 11.6 Å². The van der Waals surface area contributed by atoms with Gasteiger partial charge in [0.25, 0.3) is 5.91 Å². The minimum atomic E-state index is -0.930. The van der Waals surface area contributed by atoms with Crippen molar-refractivity contribution in [1.29, 1.82) is 0 Å². The molecule has 0 radical (unpaired) electrons. The van der Waals surface area contributed by atoms with Gasteiger partial charge in [0.1, 0.15) is 5.15 Å². The molecule has 2 atom stereocenters. The molecule has 2 unspecified atom stereocenters. The second kappa shape index (κ2) is 6.12. The third-order valence-electron chi connectivity index (χ3n) is 2.05. The maximum Gasteiger partial charge on any atom is 0.251 e. The molecule has 0 aliphatic carbocycles. The molecule has 0 bridgehead atoms. The molecular weight excluding hydrogens is 260 g/mol. The topological polar surface area (TPSA) is 59.1 Å². The number of carbonyl (C=O) groups is 1. The summed E-state index contributed by atoms with van der Waals surface area (Å²) in [7, 11) is -0.930. The fraction of sp³-hybridized carbons (Fsp3) is 0.455. The van der Waals surface area contributed by atoms with Gasteiger partial charge in [-0.05, 0) is 26.0 Å². The highest BCUT2D eigenvalue weighted by atomic mass is 35.5. The molecule has 1 aromatic heterocycles. The predicted molar refractivity (Wildman–Crippen MR) is 69.8 cm³/mol. The Morgan fingerprint density at radius 3 is 2.76 bits per heavy atom. The van der Waals surface area contributed by atoms with Crippen LogP contribution < -0.4 is 5.32 Å². The highest BCUT2D eigenvalue weighted by molar-refractivity contribution is 7.84. The van der Waals surface area contributed by atoms with Crippen molar-refractivity contribution in [2.45, 2.75) is 19.9 Å². The van der Waals surface area contributed by atoms with Gasteiger partial charge in [0.2, 0.25) is 0 Å². The van der Waals surface area contributed by atoms with Crippen LogP contribution in [0.25, 0.3) is 0 Å². The highest BCUT2D eigenvalue weighted by Crippen LogP contribution is 2.10. The Labute approximate surface area is 108 Å². The SMILES string of the molecule is Cc1cc(C(=O)NC(C)CS(C)=O)cc(Cl)n1. The summed E-state index contributed by atoms with van der Waals surface area (Å²) in [6.07, 6.45) is 1.61. The Bertz CT molecular complexity index is 431. The van der Waals surface area contributed by atoms with E-state index in [-0.39, 0.29) is 11.9 Å². The Kier molecular flexibility index (Phi) is 5.08. The number of hydrogen-bond donors (Lipinski definition) is 1. The van der Waals surface area contributed by atoms with E-state index >= 15 is 0 Å². The molecule has 6 heteroatoms. The summed E-state index contributed by atoms with van der Waals surface area (Å²) in [6.45, 7) is 3.59. The Balaban J connectivity index is 2.72. The minimum Gasteiger partial charge on any atom is -0.349 e. The summed E-state index contributed by atoms with van der Waals surface area (Å²) >= 11 is 5.78. The molecule has 1 aromatic rings. The van der Waals surface area contributed by atoms with Crippen molar-refractivity contribution in [3.05, 3.63) is 28.5 Å². The molecule has 94 valence electrons. The van der Waals surface area contributed by atoms with E-state index in [4.69, 9.17) is 11.6 Å². The van der Waals surface area contributed by atoms with Gasteiger partial charge in [0, 0.05) is 40.1 Å². The van der Waals surface area contributed by atoms with Gasteiger partial charge < -0.3 is 5.32 Å². The van der Waals surface area contributed by atoms with E-state index in [9.17, 15) is 9.00 Å². The lowest BCUT2D eigenvalue weighted by molar-refractivity contribution is 0.0943. The van der Waals surface area contributed by atoms with Crippen LogP contribution in [0.3, 0.4) is 0 Å². The van der Waals surface area contributed by atoms with Crippen LogP contribution in [0.1, 0.15) is 23.0 Å². The van der Waals surface area contributed by atoms with Gasteiger partial charge in [-0.1, -0.05) is 11.6 Å². The van der Waals surface area contributed by atoms with Crippen molar-refractivity contribution in [1.82, 2.24) is 10.3 Å². The maximum atomic E-state index is 11.8. The molecule has 1 rings (SSSR count). The summed E-state index contributed by atoms with van der Waals surface area (Å²) in [5.41, 5.74) is 1.16. The largest absolute Gasteiger partial charge is 0.349 e. The number of carbonyl (C=O) groups excluding carboxylic acids is 1. The van der Waals surface area contributed by atoms with Crippen molar-refractivity contribution < 1.29 is 9.00 Å². The van der Waals surface area contributed by atoms with Crippen molar-refractivity contribution in [2.75, 3.05) is 12.0 Å². The van der Waals surface area contributed by atoms with Crippen molar-refractivity contribution in [3.63, 3.8) is 0 Å². The molecule has 1 heterocycles. The lowest BCUT2D eigenvalue weighted by Gasteiger charge is -2.12. The zero-order chi connectivity index (χ0) is 13.0. The first-order valence-electron chi connectivity index (χ1n) is 5.13. The van der Waals surface area contributed by atoms with Crippen molar-refractivity contribution >= 4 is 28.3 Å². The van der Waals surface area contributed by atoms with E-state index < -0.39 is 10.8 Å². The van der Waals surface area contributed by atoms with Crippen LogP contribution in [-0.4, -0.2) is 33.2 Å². The molecule has 0 saturated carbocycles. The fourth-order valence-electron chi connectivity index (χ4n) is 1.46. The van der Waals surface area contributed by atoms with Crippen LogP contribution in [0, 0.1) is 6.92 Å². The van der Waals surface area contributed by atoms with Crippen LogP contribution in [0.5, 0.6) is 0 Å². The predicted octanol–water partition coefficient (Wildman–Crippen LogP) is 1.54. The zero-order valence-electron chi connectivity index (χ0n) is 9.99. The Morgan fingerprint density at radius 2 is 2.24 bits per heavy atom. The molecule has 1 amide bonds. The molecule has 1 N–H and O–H groups in total. The lowest BCUT2D eigenvalue weighted by atomic mass is 10.2. The van der Waals surface area contributed by atoms with Crippen molar-refractivity contribution in [2.24, 2.45) is 0 Å². The average Bonchev–Trinajstić information content (AvgIpc) is 2.14. The number of rotatable bonds is 4. The second-order valence-corrected chi connectivity index (χ2v) is 5.80. The van der Waals surface area contributed by atoms with Gasteiger partial charge in [-0.2, -0.15) is 0 Å². The van der Waals surface area contributed by atoms with Gasteiger partial charge in [-0.15, -0.1) is 0 Å². The van der Waals surface area contributed by atoms with E-state index in [1.807, 2.05) is 6.92 Å². The van der Waals surface area contributed by atoms with Crippen LogP contribution in [0.2, 0.25) is 5.15 Å². The molecule has 0 saturated heterocycles.